The van der Waals surface area contributed by atoms with E-state index in [-0.39, 0.29) is 12.0 Å². The van der Waals surface area contributed by atoms with Gasteiger partial charge in [-0.25, -0.2) is 4.98 Å². The van der Waals surface area contributed by atoms with Crippen molar-refractivity contribution < 1.29 is 9.53 Å². The van der Waals surface area contributed by atoms with Gasteiger partial charge in [-0.3, -0.25) is 4.79 Å². The smallest absolute Gasteiger partial charge is 0.265 e. The Morgan fingerprint density at radius 1 is 1.50 bits per heavy atom. The summed E-state index contributed by atoms with van der Waals surface area (Å²) in [5, 5.41) is 0.850. The predicted octanol–water partition coefficient (Wildman–Crippen LogP) is 4.08. The number of likely N-dealkylation sites (N-methyl/N-ethyl adjacent to an activating group) is 1. The number of aromatic nitrogens is 1. The number of halogens is 1. The van der Waals surface area contributed by atoms with Crippen molar-refractivity contribution in [2.24, 2.45) is 0 Å². The zero-order chi connectivity index (χ0) is 15.7. The van der Waals surface area contributed by atoms with Crippen LogP contribution in [0.3, 0.4) is 0 Å². The van der Waals surface area contributed by atoms with Gasteiger partial charge in [0, 0.05) is 20.2 Å². The van der Waals surface area contributed by atoms with Crippen molar-refractivity contribution in [1.29, 1.82) is 0 Å². The molecule has 1 aliphatic heterocycles. The molecule has 22 heavy (non-hydrogen) atoms. The summed E-state index contributed by atoms with van der Waals surface area (Å²) in [6, 6.07) is 3.79. The molecule has 1 saturated heterocycles. The van der Waals surface area contributed by atoms with Gasteiger partial charge >= 0.3 is 0 Å². The van der Waals surface area contributed by atoms with Crippen molar-refractivity contribution in [3.05, 3.63) is 27.0 Å². The zero-order valence-corrected chi connectivity index (χ0v) is 14.9. The van der Waals surface area contributed by atoms with Crippen LogP contribution < -0.4 is 0 Å². The first-order chi connectivity index (χ1) is 10.5. The zero-order valence-electron chi connectivity index (χ0n) is 12.5. The molecule has 1 atom stereocenters. The second-order valence-electron chi connectivity index (χ2n) is 5.36. The Hall–Kier alpha value is -0.950. The lowest BCUT2D eigenvalue weighted by Crippen LogP contribution is -2.33. The average molecular weight is 357 g/mol. The molecule has 0 saturated carbocycles. The van der Waals surface area contributed by atoms with E-state index in [1.54, 1.807) is 4.90 Å². The minimum absolute atomic E-state index is 0.0133. The first-order valence-corrected chi connectivity index (χ1v) is 9.16. The molecular formula is C15H17ClN2O2S2. The third-order valence-corrected chi connectivity index (χ3v) is 6.17. The first-order valence-electron chi connectivity index (χ1n) is 7.15. The molecule has 118 valence electrons. The van der Waals surface area contributed by atoms with Crippen molar-refractivity contribution in [2.75, 3.05) is 20.2 Å². The van der Waals surface area contributed by atoms with Gasteiger partial charge in [0.05, 0.1) is 21.0 Å². The highest BCUT2D eigenvalue weighted by Gasteiger charge is 2.24. The van der Waals surface area contributed by atoms with Gasteiger partial charge in [0.2, 0.25) is 0 Å². The van der Waals surface area contributed by atoms with Crippen LogP contribution in [-0.4, -0.2) is 42.1 Å². The van der Waals surface area contributed by atoms with Crippen LogP contribution in [0.2, 0.25) is 4.34 Å². The molecule has 3 heterocycles. The summed E-state index contributed by atoms with van der Waals surface area (Å²) in [5.74, 6) is 0.0133. The number of thiazole rings is 1. The standard InChI is InChI=1S/C15H17ClN2O2S2/c1-9-13(15(19)18(2)8-10-4-3-7-20-10)22-14(17-9)11-5-6-12(16)21-11/h5-6,10H,3-4,7-8H2,1-2H3/t10-/m1/s1. The van der Waals surface area contributed by atoms with Gasteiger partial charge in [-0.1, -0.05) is 11.6 Å². The molecule has 0 aliphatic carbocycles. The summed E-state index contributed by atoms with van der Waals surface area (Å²) in [6.45, 7) is 3.31. The molecule has 0 aromatic carbocycles. The fraction of sp³-hybridized carbons (Fsp3) is 0.467. The minimum atomic E-state index is 0.0133. The van der Waals surface area contributed by atoms with Gasteiger partial charge in [-0.15, -0.1) is 22.7 Å². The number of hydrogen-bond acceptors (Lipinski definition) is 5. The van der Waals surface area contributed by atoms with Crippen molar-refractivity contribution in [3.63, 3.8) is 0 Å². The number of amides is 1. The number of ether oxygens (including phenoxy) is 1. The largest absolute Gasteiger partial charge is 0.376 e. The Labute approximate surface area is 142 Å². The number of carbonyl (C=O) groups is 1. The average Bonchev–Trinajstić information content (AvgIpc) is 3.19. The number of nitrogens with zero attached hydrogens (tertiary/aromatic N) is 2. The molecule has 2 aromatic heterocycles. The molecule has 0 radical (unpaired) electrons. The molecule has 1 fully saturated rings. The van der Waals surface area contributed by atoms with Crippen LogP contribution in [-0.2, 0) is 4.74 Å². The Morgan fingerprint density at radius 2 is 2.32 bits per heavy atom. The van der Waals surface area contributed by atoms with Crippen molar-refractivity contribution in [2.45, 2.75) is 25.9 Å². The molecule has 4 nitrogen and oxygen atoms in total. The SMILES string of the molecule is Cc1nc(-c2ccc(Cl)s2)sc1C(=O)N(C)C[C@H]1CCCO1. The van der Waals surface area contributed by atoms with Gasteiger partial charge in [-0.2, -0.15) is 0 Å². The molecular weight excluding hydrogens is 340 g/mol. The fourth-order valence-electron chi connectivity index (χ4n) is 2.48. The van der Waals surface area contributed by atoms with E-state index in [2.05, 4.69) is 4.98 Å². The quantitative estimate of drug-likeness (QED) is 0.828. The molecule has 0 unspecified atom stereocenters. The van der Waals surface area contributed by atoms with E-state index < -0.39 is 0 Å². The van der Waals surface area contributed by atoms with E-state index >= 15 is 0 Å². The van der Waals surface area contributed by atoms with E-state index in [0.29, 0.717) is 11.4 Å². The Morgan fingerprint density at radius 3 is 2.95 bits per heavy atom. The maximum atomic E-state index is 12.6. The van der Waals surface area contributed by atoms with E-state index in [1.807, 2.05) is 26.1 Å². The van der Waals surface area contributed by atoms with E-state index in [4.69, 9.17) is 16.3 Å². The van der Waals surface area contributed by atoms with Crippen LogP contribution in [0.1, 0.15) is 28.2 Å². The van der Waals surface area contributed by atoms with Gasteiger partial charge < -0.3 is 9.64 Å². The van der Waals surface area contributed by atoms with Crippen LogP contribution in [0.4, 0.5) is 0 Å². The highest BCUT2D eigenvalue weighted by atomic mass is 35.5. The molecule has 1 amide bonds. The van der Waals surface area contributed by atoms with Gasteiger partial charge in [-0.05, 0) is 31.9 Å². The minimum Gasteiger partial charge on any atom is -0.376 e. The summed E-state index contributed by atoms with van der Waals surface area (Å²) < 4.78 is 6.33. The molecule has 0 spiro atoms. The van der Waals surface area contributed by atoms with Gasteiger partial charge in [0.1, 0.15) is 9.88 Å². The van der Waals surface area contributed by atoms with E-state index in [0.717, 1.165) is 39.4 Å². The lowest BCUT2D eigenvalue weighted by molar-refractivity contribution is 0.0590. The number of carbonyl (C=O) groups excluding carboxylic acids is 1. The van der Waals surface area contributed by atoms with Crippen LogP contribution in [0.25, 0.3) is 9.88 Å². The fourth-order valence-corrected chi connectivity index (χ4v) is 4.64. The lowest BCUT2D eigenvalue weighted by Gasteiger charge is -2.20. The number of hydrogen-bond donors (Lipinski definition) is 0. The summed E-state index contributed by atoms with van der Waals surface area (Å²) in [7, 11) is 1.82. The maximum Gasteiger partial charge on any atom is 0.265 e. The Kier molecular flexibility index (Phi) is 4.82. The maximum absolute atomic E-state index is 12.6. The molecule has 0 N–H and O–H groups in total. The monoisotopic (exact) mass is 356 g/mol. The van der Waals surface area contributed by atoms with Crippen LogP contribution in [0.15, 0.2) is 12.1 Å². The van der Waals surface area contributed by atoms with Crippen molar-refractivity contribution in [3.8, 4) is 9.88 Å². The summed E-state index contributed by atoms with van der Waals surface area (Å²) in [4.78, 5) is 20.6. The molecule has 0 bridgehead atoms. The van der Waals surface area contributed by atoms with Crippen molar-refractivity contribution in [1.82, 2.24) is 9.88 Å². The molecule has 2 aromatic rings. The highest BCUT2D eigenvalue weighted by molar-refractivity contribution is 7.24. The number of thiophene rings is 1. The molecule has 1 aliphatic rings. The van der Waals surface area contributed by atoms with E-state index in [1.165, 1.54) is 22.7 Å². The van der Waals surface area contributed by atoms with Crippen LogP contribution in [0, 0.1) is 6.92 Å². The number of aryl methyl sites for hydroxylation is 1. The topological polar surface area (TPSA) is 42.4 Å². The normalized spacial score (nSPS) is 17.9. The van der Waals surface area contributed by atoms with Gasteiger partial charge in [0.25, 0.3) is 5.91 Å². The summed E-state index contributed by atoms with van der Waals surface area (Å²) in [6.07, 6.45) is 2.27. The summed E-state index contributed by atoms with van der Waals surface area (Å²) >= 11 is 8.88. The third-order valence-electron chi connectivity index (χ3n) is 3.62. The molecule has 7 heteroatoms. The van der Waals surface area contributed by atoms with E-state index in [9.17, 15) is 4.79 Å². The number of rotatable bonds is 4. The first kappa shape index (κ1) is 15.9. The Balaban J connectivity index is 1.76. The van der Waals surface area contributed by atoms with Gasteiger partial charge in [0.15, 0.2) is 0 Å². The lowest BCUT2D eigenvalue weighted by atomic mass is 10.2. The second-order valence-corrected chi connectivity index (χ2v) is 8.07. The Bertz CT molecular complexity index is 677. The summed E-state index contributed by atoms with van der Waals surface area (Å²) in [5.41, 5.74) is 0.772. The second kappa shape index (κ2) is 6.66. The van der Waals surface area contributed by atoms with Crippen LogP contribution >= 0.6 is 34.3 Å². The van der Waals surface area contributed by atoms with Crippen molar-refractivity contribution >= 4 is 40.2 Å². The third kappa shape index (κ3) is 3.35. The molecule has 3 rings (SSSR count). The van der Waals surface area contributed by atoms with Crippen LogP contribution in [0.5, 0.6) is 0 Å². The highest BCUT2D eigenvalue weighted by Crippen LogP contribution is 2.35. The predicted molar refractivity (Wildman–Crippen MR) is 91.1 cm³/mol.